The first-order chi connectivity index (χ1) is 11.7. The molecule has 6 nitrogen and oxygen atoms in total. The van der Waals surface area contributed by atoms with E-state index < -0.39 is 0 Å². The van der Waals surface area contributed by atoms with Crippen LogP contribution in [0.4, 0.5) is 11.6 Å². The van der Waals surface area contributed by atoms with Crippen LogP contribution < -0.4 is 15.0 Å². The summed E-state index contributed by atoms with van der Waals surface area (Å²) in [6, 6.07) is 7.10. The van der Waals surface area contributed by atoms with Crippen LogP contribution in [0.3, 0.4) is 0 Å². The third kappa shape index (κ3) is 3.59. The van der Waals surface area contributed by atoms with Gasteiger partial charge in [-0.05, 0) is 31.0 Å². The van der Waals surface area contributed by atoms with Crippen molar-refractivity contribution in [2.24, 2.45) is 5.92 Å². The Bertz CT molecular complexity index is 703. The fourth-order valence-corrected chi connectivity index (χ4v) is 3.10. The Morgan fingerprint density at radius 3 is 2.62 bits per heavy atom. The zero-order valence-electron chi connectivity index (χ0n) is 13.4. The fourth-order valence-electron chi connectivity index (χ4n) is 2.85. The first-order valence-electron chi connectivity index (χ1n) is 7.84. The van der Waals surface area contributed by atoms with E-state index in [1.165, 1.54) is 7.11 Å². The predicted molar refractivity (Wildman–Crippen MR) is 93.6 cm³/mol. The highest BCUT2D eigenvalue weighted by atomic mass is 35.5. The van der Waals surface area contributed by atoms with Crippen molar-refractivity contribution < 1.29 is 9.53 Å². The third-order valence-corrected chi connectivity index (χ3v) is 4.43. The van der Waals surface area contributed by atoms with Gasteiger partial charge in [-0.15, -0.1) is 0 Å². The zero-order chi connectivity index (χ0) is 16.9. The molecular formula is C17H19ClN4O2. The Hall–Kier alpha value is -2.34. The molecule has 1 aliphatic rings. The lowest BCUT2D eigenvalue weighted by atomic mass is 9.96. The van der Waals surface area contributed by atoms with E-state index >= 15 is 0 Å². The van der Waals surface area contributed by atoms with Crippen LogP contribution in [0.25, 0.3) is 0 Å². The number of hydrogen-bond donors (Lipinski definition) is 1. The van der Waals surface area contributed by atoms with Gasteiger partial charge in [-0.25, -0.2) is 9.97 Å². The van der Waals surface area contributed by atoms with E-state index in [9.17, 15) is 4.79 Å². The topological polar surface area (TPSA) is 67.3 Å². The Labute approximate surface area is 145 Å². The van der Waals surface area contributed by atoms with Gasteiger partial charge in [0.25, 0.3) is 0 Å². The minimum absolute atomic E-state index is 0.0100. The summed E-state index contributed by atoms with van der Waals surface area (Å²) in [5, 5.41) is 3.41. The summed E-state index contributed by atoms with van der Waals surface area (Å²) in [4.78, 5) is 23.1. The number of halogens is 1. The third-order valence-electron chi connectivity index (χ3n) is 4.13. The lowest BCUT2D eigenvalue weighted by molar-refractivity contribution is -0.120. The molecule has 1 saturated heterocycles. The predicted octanol–water partition coefficient (Wildman–Crippen LogP) is 2.99. The number of hydrogen-bond acceptors (Lipinski definition) is 5. The molecule has 7 heteroatoms. The van der Waals surface area contributed by atoms with Gasteiger partial charge in [0.15, 0.2) is 5.75 Å². The van der Waals surface area contributed by atoms with E-state index in [1.54, 1.807) is 36.7 Å². The normalized spacial score (nSPS) is 15.2. The molecule has 24 heavy (non-hydrogen) atoms. The van der Waals surface area contributed by atoms with Crippen molar-refractivity contribution in [3.05, 3.63) is 41.7 Å². The molecule has 0 aliphatic carbocycles. The Morgan fingerprint density at radius 2 is 1.96 bits per heavy atom. The van der Waals surface area contributed by atoms with E-state index in [0.29, 0.717) is 22.4 Å². The number of carbonyl (C=O) groups is 1. The molecule has 1 aliphatic heterocycles. The summed E-state index contributed by atoms with van der Waals surface area (Å²) in [7, 11) is 1.54. The molecule has 2 aromatic rings. The molecule has 1 aromatic heterocycles. The second-order valence-electron chi connectivity index (χ2n) is 5.62. The first-order valence-corrected chi connectivity index (χ1v) is 8.22. The number of rotatable bonds is 4. The number of methoxy groups -OCH3 is 1. The highest BCUT2D eigenvalue weighted by molar-refractivity contribution is 6.32. The van der Waals surface area contributed by atoms with E-state index in [4.69, 9.17) is 16.3 Å². The molecule has 0 spiro atoms. The maximum absolute atomic E-state index is 12.5. The number of amides is 1. The molecule has 1 fully saturated rings. The number of aromatic nitrogens is 2. The van der Waals surface area contributed by atoms with Gasteiger partial charge in [-0.2, -0.15) is 0 Å². The molecule has 1 aromatic carbocycles. The van der Waals surface area contributed by atoms with Crippen LogP contribution >= 0.6 is 11.6 Å². The SMILES string of the molecule is COc1c(Cl)cccc1NC(=O)C1CCN(c2ncccn2)CC1. The Balaban J connectivity index is 1.61. The van der Waals surface area contributed by atoms with Gasteiger partial charge < -0.3 is 15.0 Å². The summed E-state index contributed by atoms with van der Waals surface area (Å²) in [5.74, 6) is 1.15. The van der Waals surface area contributed by atoms with Gasteiger partial charge in [0.1, 0.15) is 0 Å². The highest BCUT2D eigenvalue weighted by Gasteiger charge is 2.26. The minimum atomic E-state index is -0.0475. The largest absolute Gasteiger partial charge is 0.493 e. The lowest BCUT2D eigenvalue weighted by Gasteiger charge is -2.31. The number of benzene rings is 1. The fraction of sp³-hybridized carbons (Fsp3) is 0.353. The molecule has 1 amide bonds. The number of nitrogens with zero attached hydrogens (tertiary/aromatic N) is 3. The van der Waals surface area contributed by atoms with E-state index in [0.717, 1.165) is 25.9 Å². The molecule has 0 radical (unpaired) electrons. The Morgan fingerprint density at radius 1 is 1.25 bits per heavy atom. The van der Waals surface area contributed by atoms with Gasteiger partial charge in [0, 0.05) is 31.4 Å². The monoisotopic (exact) mass is 346 g/mol. The van der Waals surface area contributed by atoms with Gasteiger partial charge in [-0.1, -0.05) is 17.7 Å². The van der Waals surface area contributed by atoms with Crippen molar-refractivity contribution >= 4 is 29.1 Å². The average molecular weight is 347 g/mol. The second kappa shape index (κ2) is 7.49. The average Bonchev–Trinajstić information content (AvgIpc) is 2.63. The van der Waals surface area contributed by atoms with Crippen molar-refractivity contribution in [2.45, 2.75) is 12.8 Å². The van der Waals surface area contributed by atoms with Crippen LogP contribution in [0.2, 0.25) is 5.02 Å². The summed E-state index contributed by atoms with van der Waals surface area (Å²) >= 11 is 6.09. The molecule has 0 unspecified atom stereocenters. The smallest absolute Gasteiger partial charge is 0.227 e. The van der Waals surface area contributed by atoms with Crippen molar-refractivity contribution in [1.29, 1.82) is 0 Å². The van der Waals surface area contributed by atoms with E-state index in [-0.39, 0.29) is 11.8 Å². The van der Waals surface area contributed by atoms with Crippen LogP contribution in [-0.4, -0.2) is 36.1 Å². The standard InChI is InChI=1S/C17H19ClN4O2/c1-24-15-13(18)4-2-5-14(15)21-16(23)12-6-10-22(11-7-12)17-19-8-3-9-20-17/h2-5,8-9,12H,6-7,10-11H2,1H3,(H,21,23). The van der Waals surface area contributed by atoms with Crippen molar-refractivity contribution in [3.8, 4) is 5.75 Å². The number of nitrogens with one attached hydrogen (secondary N) is 1. The first kappa shape index (κ1) is 16.5. The van der Waals surface area contributed by atoms with Gasteiger partial charge in [0.2, 0.25) is 11.9 Å². The maximum atomic E-state index is 12.5. The number of para-hydroxylation sites is 1. The summed E-state index contributed by atoms with van der Waals surface area (Å²) < 4.78 is 5.27. The molecule has 1 N–H and O–H groups in total. The molecule has 0 saturated carbocycles. The van der Waals surface area contributed by atoms with Crippen LogP contribution in [0, 0.1) is 5.92 Å². The number of piperidine rings is 1. The second-order valence-corrected chi connectivity index (χ2v) is 6.03. The van der Waals surface area contributed by atoms with Crippen LogP contribution in [0.1, 0.15) is 12.8 Å². The highest BCUT2D eigenvalue weighted by Crippen LogP contribution is 2.33. The number of ether oxygens (including phenoxy) is 1. The summed E-state index contributed by atoms with van der Waals surface area (Å²) in [6.45, 7) is 1.52. The van der Waals surface area contributed by atoms with Crippen LogP contribution in [0.5, 0.6) is 5.75 Å². The zero-order valence-corrected chi connectivity index (χ0v) is 14.2. The quantitative estimate of drug-likeness (QED) is 0.921. The van der Waals surface area contributed by atoms with Crippen molar-refractivity contribution in [1.82, 2.24) is 9.97 Å². The van der Waals surface area contributed by atoms with Crippen LogP contribution in [-0.2, 0) is 4.79 Å². The molecule has 3 rings (SSSR count). The lowest BCUT2D eigenvalue weighted by Crippen LogP contribution is -2.39. The molecule has 0 atom stereocenters. The van der Waals surface area contributed by atoms with Gasteiger partial charge >= 0.3 is 0 Å². The molecule has 2 heterocycles. The van der Waals surface area contributed by atoms with Gasteiger partial charge in [-0.3, -0.25) is 4.79 Å². The number of carbonyl (C=O) groups excluding carboxylic acids is 1. The molecular weight excluding hydrogens is 328 g/mol. The molecule has 126 valence electrons. The number of anilines is 2. The van der Waals surface area contributed by atoms with E-state index in [2.05, 4.69) is 20.2 Å². The van der Waals surface area contributed by atoms with Crippen LogP contribution in [0.15, 0.2) is 36.7 Å². The van der Waals surface area contributed by atoms with Gasteiger partial charge in [0.05, 0.1) is 17.8 Å². The van der Waals surface area contributed by atoms with Crippen molar-refractivity contribution in [2.75, 3.05) is 30.4 Å². The molecule has 0 bridgehead atoms. The maximum Gasteiger partial charge on any atom is 0.227 e. The Kier molecular flexibility index (Phi) is 5.15. The summed E-state index contributed by atoms with van der Waals surface area (Å²) in [6.07, 6.45) is 4.97. The summed E-state index contributed by atoms with van der Waals surface area (Å²) in [5.41, 5.74) is 0.601. The van der Waals surface area contributed by atoms with E-state index in [1.807, 2.05) is 0 Å². The van der Waals surface area contributed by atoms with Crippen molar-refractivity contribution in [3.63, 3.8) is 0 Å². The minimum Gasteiger partial charge on any atom is -0.493 e.